The van der Waals surface area contributed by atoms with Crippen molar-refractivity contribution < 1.29 is 19.4 Å². The molecule has 0 bridgehead atoms. The summed E-state index contributed by atoms with van der Waals surface area (Å²) in [4.78, 5) is 30.3. The van der Waals surface area contributed by atoms with Gasteiger partial charge in [0.25, 0.3) is 5.91 Å². The third-order valence-electron chi connectivity index (χ3n) is 4.41. The minimum Gasteiger partial charge on any atom is -0.481 e. The van der Waals surface area contributed by atoms with Crippen molar-refractivity contribution in [3.8, 4) is 5.88 Å². The minimum atomic E-state index is -0.914. The maximum absolute atomic E-state index is 12.8. The first-order valence-electron chi connectivity index (χ1n) is 8.04. The number of ether oxygens (including phenoxy) is 1. The van der Waals surface area contributed by atoms with Crippen molar-refractivity contribution in [3.05, 3.63) is 35.5 Å². The van der Waals surface area contributed by atoms with E-state index in [9.17, 15) is 14.7 Å². The van der Waals surface area contributed by atoms with Crippen LogP contribution in [0.3, 0.4) is 0 Å². The van der Waals surface area contributed by atoms with E-state index in [0.717, 1.165) is 5.57 Å². The van der Waals surface area contributed by atoms with E-state index in [2.05, 4.69) is 4.98 Å². The van der Waals surface area contributed by atoms with Gasteiger partial charge < -0.3 is 14.7 Å². The smallest absolute Gasteiger partial charge is 0.311 e. The molecular formula is C18H24N2O4. The van der Waals surface area contributed by atoms with Crippen LogP contribution in [0.25, 0.3) is 0 Å². The lowest BCUT2D eigenvalue weighted by atomic mass is 9.76. The van der Waals surface area contributed by atoms with Gasteiger partial charge in [-0.2, -0.15) is 0 Å². The zero-order chi connectivity index (χ0) is 17.7. The third kappa shape index (κ3) is 3.93. The molecular weight excluding hydrogens is 308 g/mol. The summed E-state index contributed by atoms with van der Waals surface area (Å²) in [6.45, 7) is 4.68. The second kappa shape index (κ2) is 7.47. The lowest BCUT2D eigenvalue weighted by molar-refractivity contribution is -0.151. The van der Waals surface area contributed by atoms with Crippen molar-refractivity contribution in [2.24, 2.45) is 5.41 Å². The van der Waals surface area contributed by atoms with E-state index in [1.54, 1.807) is 17.0 Å². The zero-order valence-corrected chi connectivity index (χ0v) is 14.4. The number of hydrogen-bond acceptors (Lipinski definition) is 4. The van der Waals surface area contributed by atoms with Crippen LogP contribution in [0.4, 0.5) is 0 Å². The summed E-state index contributed by atoms with van der Waals surface area (Å²) in [5, 5.41) is 9.76. The average molecular weight is 332 g/mol. The second-order valence-electron chi connectivity index (χ2n) is 6.49. The van der Waals surface area contributed by atoms with Crippen molar-refractivity contribution in [2.45, 2.75) is 33.1 Å². The SMILES string of the molecule is COc1cc(C(=O)N2CCCC(CC=C(C)C)(C(=O)O)C2)ccn1. The number of amides is 1. The molecule has 0 aromatic carbocycles. The predicted molar refractivity (Wildman–Crippen MR) is 90.0 cm³/mol. The fraction of sp³-hybridized carbons (Fsp3) is 0.500. The molecule has 1 aliphatic heterocycles. The Labute approximate surface area is 142 Å². The maximum atomic E-state index is 12.8. The molecule has 1 saturated heterocycles. The molecule has 0 aliphatic carbocycles. The van der Waals surface area contributed by atoms with Crippen molar-refractivity contribution >= 4 is 11.9 Å². The number of methoxy groups -OCH3 is 1. The number of carboxylic acids is 1. The number of likely N-dealkylation sites (tertiary alicyclic amines) is 1. The molecule has 1 atom stereocenters. The number of piperidine rings is 1. The van der Waals surface area contributed by atoms with E-state index >= 15 is 0 Å². The number of aliphatic carboxylic acids is 1. The van der Waals surface area contributed by atoms with Crippen LogP contribution in [-0.2, 0) is 4.79 Å². The van der Waals surface area contributed by atoms with E-state index in [0.29, 0.717) is 37.3 Å². The van der Waals surface area contributed by atoms with Gasteiger partial charge >= 0.3 is 5.97 Å². The van der Waals surface area contributed by atoms with E-state index in [4.69, 9.17) is 4.74 Å². The molecule has 130 valence electrons. The summed E-state index contributed by atoms with van der Waals surface area (Å²) in [6, 6.07) is 3.20. The molecule has 1 aliphatic rings. The lowest BCUT2D eigenvalue weighted by Gasteiger charge is -2.39. The summed E-state index contributed by atoms with van der Waals surface area (Å²) in [5.41, 5.74) is 0.630. The Bertz CT molecular complexity index is 652. The highest BCUT2D eigenvalue weighted by Gasteiger charge is 2.42. The Morgan fingerprint density at radius 2 is 2.21 bits per heavy atom. The van der Waals surface area contributed by atoms with E-state index in [1.165, 1.54) is 13.3 Å². The lowest BCUT2D eigenvalue weighted by Crippen LogP contribution is -2.49. The van der Waals surface area contributed by atoms with Crippen LogP contribution < -0.4 is 4.74 Å². The van der Waals surface area contributed by atoms with Crippen LogP contribution in [0.5, 0.6) is 5.88 Å². The fourth-order valence-electron chi connectivity index (χ4n) is 2.97. The average Bonchev–Trinajstić information content (AvgIpc) is 2.59. The van der Waals surface area contributed by atoms with E-state index in [-0.39, 0.29) is 12.5 Å². The molecule has 1 aromatic heterocycles. The molecule has 2 heterocycles. The van der Waals surface area contributed by atoms with Crippen LogP contribution in [0.2, 0.25) is 0 Å². The number of aromatic nitrogens is 1. The molecule has 1 N–H and O–H groups in total. The van der Waals surface area contributed by atoms with Gasteiger partial charge in [0.05, 0.1) is 12.5 Å². The van der Waals surface area contributed by atoms with Gasteiger partial charge in [-0.15, -0.1) is 0 Å². The number of carboxylic acid groups (broad SMARTS) is 1. The number of nitrogens with zero attached hydrogens (tertiary/aromatic N) is 2. The topological polar surface area (TPSA) is 79.7 Å². The third-order valence-corrected chi connectivity index (χ3v) is 4.41. The summed E-state index contributed by atoms with van der Waals surface area (Å²) >= 11 is 0. The van der Waals surface area contributed by atoms with Gasteiger partial charge in [-0.25, -0.2) is 4.98 Å². The molecule has 6 heteroatoms. The molecule has 1 unspecified atom stereocenters. The van der Waals surface area contributed by atoms with E-state index in [1.807, 2.05) is 19.9 Å². The van der Waals surface area contributed by atoms with Gasteiger partial charge in [0.2, 0.25) is 5.88 Å². The highest BCUT2D eigenvalue weighted by Crippen LogP contribution is 2.35. The summed E-state index contributed by atoms with van der Waals surface area (Å²) in [7, 11) is 1.49. The minimum absolute atomic E-state index is 0.182. The molecule has 0 saturated carbocycles. The molecule has 1 fully saturated rings. The molecule has 2 rings (SSSR count). The van der Waals surface area contributed by atoms with Crippen molar-refractivity contribution in [3.63, 3.8) is 0 Å². The first-order valence-corrected chi connectivity index (χ1v) is 8.04. The summed E-state index contributed by atoms with van der Waals surface area (Å²) in [6.07, 6.45) is 5.15. The predicted octanol–water partition coefficient (Wildman–Crippen LogP) is 2.75. The summed E-state index contributed by atoms with van der Waals surface area (Å²) < 4.78 is 5.05. The molecule has 1 aromatic rings. The van der Waals surface area contributed by atoms with Crippen molar-refractivity contribution in [1.29, 1.82) is 0 Å². The largest absolute Gasteiger partial charge is 0.481 e. The number of carbonyl (C=O) groups excluding carboxylic acids is 1. The molecule has 1 amide bonds. The van der Waals surface area contributed by atoms with Gasteiger partial charge in [-0.05, 0) is 39.2 Å². The first-order chi connectivity index (χ1) is 11.4. The van der Waals surface area contributed by atoms with Crippen LogP contribution in [0.1, 0.15) is 43.5 Å². The van der Waals surface area contributed by atoms with Gasteiger partial charge in [0, 0.05) is 30.9 Å². The Morgan fingerprint density at radius 3 is 2.83 bits per heavy atom. The maximum Gasteiger partial charge on any atom is 0.311 e. The molecule has 0 spiro atoms. The number of allylic oxidation sites excluding steroid dienone is 2. The zero-order valence-electron chi connectivity index (χ0n) is 14.4. The molecule has 24 heavy (non-hydrogen) atoms. The van der Waals surface area contributed by atoms with Crippen molar-refractivity contribution in [1.82, 2.24) is 9.88 Å². The Kier molecular flexibility index (Phi) is 5.59. The van der Waals surface area contributed by atoms with E-state index < -0.39 is 11.4 Å². The Morgan fingerprint density at radius 1 is 1.46 bits per heavy atom. The van der Waals surface area contributed by atoms with Crippen LogP contribution in [0.15, 0.2) is 30.0 Å². The number of carbonyl (C=O) groups is 2. The monoisotopic (exact) mass is 332 g/mol. The highest BCUT2D eigenvalue weighted by atomic mass is 16.5. The highest BCUT2D eigenvalue weighted by molar-refractivity contribution is 5.95. The number of hydrogen-bond donors (Lipinski definition) is 1. The van der Waals surface area contributed by atoms with Crippen LogP contribution in [-0.4, -0.2) is 47.1 Å². The summed E-state index contributed by atoms with van der Waals surface area (Å²) in [5.74, 6) is -0.657. The quantitative estimate of drug-likeness (QED) is 0.839. The first kappa shape index (κ1) is 18.0. The van der Waals surface area contributed by atoms with Gasteiger partial charge in [-0.3, -0.25) is 9.59 Å². The number of rotatable bonds is 5. The van der Waals surface area contributed by atoms with Crippen molar-refractivity contribution in [2.75, 3.05) is 20.2 Å². The standard InChI is InChI=1S/C18H24N2O4/c1-13(2)5-8-18(17(22)23)7-4-10-20(12-18)16(21)14-6-9-19-15(11-14)24-3/h5-6,9,11H,4,7-8,10,12H2,1-3H3,(H,22,23). The van der Waals surface area contributed by atoms with Gasteiger partial charge in [0.1, 0.15) is 0 Å². The van der Waals surface area contributed by atoms with Gasteiger partial charge in [0.15, 0.2) is 0 Å². The van der Waals surface area contributed by atoms with Gasteiger partial charge in [-0.1, -0.05) is 11.6 Å². The fourth-order valence-corrected chi connectivity index (χ4v) is 2.97. The Hall–Kier alpha value is -2.37. The van der Waals surface area contributed by atoms with Crippen LogP contribution in [0, 0.1) is 5.41 Å². The normalized spacial score (nSPS) is 20.4. The Balaban J connectivity index is 2.22. The molecule has 0 radical (unpaired) electrons. The number of pyridine rings is 1. The molecule has 6 nitrogen and oxygen atoms in total. The van der Waals surface area contributed by atoms with Crippen LogP contribution >= 0.6 is 0 Å². The second-order valence-corrected chi connectivity index (χ2v) is 6.49.